The van der Waals surface area contributed by atoms with Crippen LogP contribution in [0, 0.1) is 6.92 Å². The molecule has 2 aromatic rings. The number of para-hydroxylation sites is 2. The first-order chi connectivity index (χ1) is 9.33. The average molecular weight is 259 g/mol. The highest BCUT2D eigenvalue weighted by molar-refractivity contribution is 5.74. The number of hydrogen-bond acceptors (Lipinski definition) is 5. The normalized spacial score (nSPS) is 19.5. The zero-order chi connectivity index (χ0) is 13.1. The number of benzene rings is 1. The largest absolute Gasteiger partial charge is 0.474 e. The van der Waals surface area contributed by atoms with Crippen LogP contribution in [0.3, 0.4) is 0 Å². The van der Waals surface area contributed by atoms with E-state index in [1.165, 1.54) is 0 Å². The van der Waals surface area contributed by atoms with Crippen molar-refractivity contribution in [3.05, 3.63) is 30.0 Å². The summed E-state index contributed by atoms with van der Waals surface area (Å²) in [5, 5.41) is 3.27. The first kappa shape index (κ1) is 12.3. The number of aryl methyl sites for hydroxylation is 1. The number of hydrogen-bond donors (Lipinski definition) is 1. The molecule has 19 heavy (non-hydrogen) atoms. The second-order valence-electron chi connectivity index (χ2n) is 4.61. The molecule has 1 atom stereocenters. The molecule has 0 aliphatic carbocycles. The minimum atomic E-state index is 0.0846. The Labute approximate surface area is 112 Å². The van der Waals surface area contributed by atoms with Gasteiger partial charge in [-0.25, -0.2) is 9.97 Å². The smallest absolute Gasteiger partial charge is 0.236 e. The van der Waals surface area contributed by atoms with E-state index in [0.29, 0.717) is 12.5 Å². The van der Waals surface area contributed by atoms with Gasteiger partial charge in [-0.3, -0.25) is 0 Å². The standard InChI is InChI=1S/C14H17N3O2/c1-10-14(19-9-11-8-15-6-7-18-11)17-13-5-3-2-4-12(13)16-10/h2-5,11,15H,6-9H2,1H3. The monoisotopic (exact) mass is 259 g/mol. The second kappa shape index (κ2) is 5.50. The van der Waals surface area contributed by atoms with E-state index in [4.69, 9.17) is 9.47 Å². The molecule has 1 aromatic carbocycles. The molecule has 1 unspecified atom stereocenters. The number of rotatable bonds is 3. The number of fused-ring (bicyclic) bond motifs is 1. The molecule has 1 N–H and O–H groups in total. The van der Waals surface area contributed by atoms with Crippen LogP contribution in [0.15, 0.2) is 24.3 Å². The van der Waals surface area contributed by atoms with Gasteiger partial charge in [0.2, 0.25) is 5.88 Å². The van der Waals surface area contributed by atoms with Crippen LogP contribution < -0.4 is 10.1 Å². The summed E-state index contributed by atoms with van der Waals surface area (Å²) in [5.74, 6) is 0.591. The van der Waals surface area contributed by atoms with Gasteiger partial charge in [0.15, 0.2) is 0 Å². The molecule has 3 rings (SSSR count). The highest BCUT2D eigenvalue weighted by Crippen LogP contribution is 2.18. The molecule has 100 valence electrons. The van der Waals surface area contributed by atoms with E-state index in [2.05, 4.69) is 15.3 Å². The van der Waals surface area contributed by atoms with Crippen LogP contribution in [0.25, 0.3) is 11.0 Å². The van der Waals surface area contributed by atoms with Crippen LogP contribution in [0.2, 0.25) is 0 Å². The molecule has 2 heterocycles. The summed E-state index contributed by atoms with van der Waals surface area (Å²) in [7, 11) is 0. The molecule has 1 fully saturated rings. The van der Waals surface area contributed by atoms with Gasteiger partial charge in [0.05, 0.1) is 17.6 Å². The molecule has 0 spiro atoms. The predicted octanol–water partition coefficient (Wildman–Crippen LogP) is 1.31. The van der Waals surface area contributed by atoms with E-state index in [9.17, 15) is 0 Å². The lowest BCUT2D eigenvalue weighted by molar-refractivity contribution is -0.000901. The Kier molecular flexibility index (Phi) is 3.57. The van der Waals surface area contributed by atoms with E-state index in [0.717, 1.165) is 36.4 Å². The van der Waals surface area contributed by atoms with Crippen molar-refractivity contribution >= 4 is 11.0 Å². The van der Waals surface area contributed by atoms with Gasteiger partial charge in [0.25, 0.3) is 0 Å². The minimum Gasteiger partial charge on any atom is -0.474 e. The third kappa shape index (κ3) is 2.83. The number of morpholine rings is 1. The molecule has 0 bridgehead atoms. The Balaban J connectivity index is 1.74. The summed E-state index contributed by atoms with van der Waals surface area (Å²) < 4.78 is 11.3. The third-order valence-corrected chi connectivity index (χ3v) is 3.11. The summed E-state index contributed by atoms with van der Waals surface area (Å²) in [6, 6.07) is 7.80. The lowest BCUT2D eigenvalue weighted by Gasteiger charge is -2.23. The Bertz CT molecular complexity index is 568. The molecule has 0 amide bonds. The first-order valence-electron chi connectivity index (χ1n) is 6.51. The van der Waals surface area contributed by atoms with E-state index in [1.807, 2.05) is 31.2 Å². The van der Waals surface area contributed by atoms with Crippen LogP contribution >= 0.6 is 0 Å². The molecule has 1 saturated heterocycles. The average Bonchev–Trinajstić information content (AvgIpc) is 2.46. The lowest BCUT2D eigenvalue weighted by Crippen LogP contribution is -2.41. The fraction of sp³-hybridized carbons (Fsp3) is 0.429. The molecule has 0 saturated carbocycles. The maximum atomic E-state index is 5.75. The van der Waals surface area contributed by atoms with Crippen LogP contribution in [0.1, 0.15) is 5.69 Å². The third-order valence-electron chi connectivity index (χ3n) is 3.11. The fourth-order valence-electron chi connectivity index (χ4n) is 2.11. The molecular weight excluding hydrogens is 242 g/mol. The van der Waals surface area contributed by atoms with Gasteiger partial charge in [-0.05, 0) is 19.1 Å². The quantitative estimate of drug-likeness (QED) is 0.900. The van der Waals surface area contributed by atoms with Crippen molar-refractivity contribution in [1.82, 2.24) is 15.3 Å². The topological polar surface area (TPSA) is 56.3 Å². The highest BCUT2D eigenvalue weighted by Gasteiger charge is 2.15. The van der Waals surface area contributed by atoms with Crippen LogP contribution in [-0.2, 0) is 4.74 Å². The van der Waals surface area contributed by atoms with Gasteiger partial charge in [-0.2, -0.15) is 0 Å². The van der Waals surface area contributed by atoms with Gasteiger partial charge < -0.3 is 14.8 Å². The Morgan fingerprint density at radius 2 is 2.11 bits per heavy atom. The van der Waals surface area contributed by atoms with Crippen molar-refractivity contribution in [2.75, 3.05) is 26.3 Å². The van der Waals surface area contributed by atoms with Crippen molar-refractivity contribution in [3.8, 4) is 5.88 Å². The van der Waals surface area contributed by atoms with Crippen molar-refractivity contribution in [3.63, 3.8) is 0 Å². The van der Waals surface area contributed by atoms with Gasteiger partial charge in [-0.1, -0.05) is 12.1 Å². The first-order valence-corrected chi connectivity index (χ1v) is 6.51. The van der Waals surface area contributed by atoms with E-state index < -0.39 is 0 Å². The van der Waals surface area contributed by atoms with Gasteiger partial charge in [-0.15, -0.1) is 0 Å². The fourth-order valence-corrected chi connectivity index (χ4v) is 2.11. The maximum absolute atomic E-state index is 5.75. The minimum absolute atomic E-state index is 0.0846. The van der Waals surface area contributed by atoms with Gasteiger partial charge >= 0.3 is 0 Å². The second-order valence-corrected chi connectivity index (χ2v) is 4.61. The van der Waals surface area contributed by atoms with Crippen LogP contribution in [0.4, 0.5) is 0 Å². The van der Waals surface area contributed by atoms with Gasteiger partial charge in [0.1, 0.15) is 18.4 Å². The molecular formula is C14H17N3O2. The SMILES string of the molecule is Cc1nc2ccccc2nc1OCC1CNCCO1. The lowest BCUT2D eigenvalue weighted by atomic mass is 10.3. The summed E-state index contributed by atoms with van der Waals surface area (Å²) in [4.78, 5) is 8.99. The Hall–Kier alpha value is -1.72. The van der Waals surface area contributed by atoms with E-state index >= 15 is 0 Å². The summed E-state index contributed by atoms with van der Waals surface area (Å²) in [5.41, 5.74) is 2.55. The number of ether oxygens (including phenoxy) is 2. The van der Waals surface area contributed by atoms with Crippen LogP contribution in [0.5, 0.6) is 5.88 Å². The maximum Gasteiger partial charge on any atom is 0.236 e. The van der Waals surface area contributed by atoms with Gasteiger partial charge in [0, 0.05) is 13.1 Å². The zero-order valence-corrected chi connectivity index (χ0v) is 10.9. The molecule has 0 radical (unpaired) electrons. The number of nitrogens with zero attached hydrogens (tertiary/aromatic N) is 2. The highest BCUT2D eigenvalue weighted by atomic mass is 16.5. The number of nitrogens with one attached hydrogen (secondary N) is 1. The molecule has 5 heteroatoms. The Morgan fingerprint density at radius 1 is 1.32 bits per heavy atom. The van der Waals surface area contributed by atoms with Crippen LogP contribution in [-0.4, -0.2) is 42.4 Å². The molecule has 1 aliphatic heterocycles. The van der Waals surface area contributed by atoms with Crippen molar-refractivity contribution < 1.29 is 9.47 Å². The summed E-state index contributed by atoms with van der Waals surface area (Å²) in [6.45, 7) is 4.87. The molecule has 1 aromatic heterocycles. The summed E-state index contributed by atoms with van der Waals surface area (Å²) in [6.07, 6.45) is 0.0846. The van der Waals surface area contributed by atoms with Crippen molar-refractivity contribution in [1.29, 1.82) is 0 Å². The van der Waals surface area contributed by atoms with Crippen molar-refractivity contribution in [2.24, 2.45) is 0 Å². The summed E-state index contributed by atoms with van der Waals surface area (Å²) >= 11 is 0. The predicted molar refractivity (Wildman–Crippen MR) is 72.4 cm³/mol. The molecule has 1 aliphatic rings. The number of aromatic nitrogens is 2. The van der Waals surface area contributed by atoms with Crippen molar-refractivity contribution in [2.45, 2.75) is 13.0 Å². The van der Waals surface area contributed by atoms with E-state index in [-0.39, 0.29) is 6.10 Å². The molecule has 5 nitrogen and oxygen atoms in total. The Morgan fingerprint density at radius 3 is 2.84 bits per heavy atom. The zero-order valence-electron chi connectivity index (χ0n) is 10.9. The van der Waals surface area contributed by atoms with E-state index in [1.54, 1.807) is 0 Å².